The highest BCUT2D eigenvalue weighted by Gasteiger charge is 2.25. The molecular formula is C15H21N5O. The van der Waals surface area contributed by atoms with Crippen LogP contribution in [0.25, 0.3) is 10.9 Å². The van der Waals surface area contributed by atoms with Crippen LogP contribution >= 0.6 is 0 Å². The second kappa shape index (κ2) is 5.91. The number of rotatable bonds is 3. The summed E-state index contributed by atoms with van der Waals surface area (Å²) < 4.78 is 1.45. The van der Waals surface area contributed by atoms with Crippen LogP contribution in [0.1, 0.15) is 19.8 Å². The topological polar surface area (TPSA) is 77.0 Å². The van der Waals surface area contributed by atoms with E-state index < -0.39 is 0 Å². The number of aromatic nitrogens is 3. The lowest BCUT2D eigenvalue weighted by molar-refractivity contribution is 0.111. The summed E-state index contributed by atoms with van der Waals surface area (Å²) in [6.07, 6.45) is 2.03. The van der Waals surface area contributed by atoms with Crippen LogP contribution in [0.2, 0.25) is 0 Å². The molecule has 3 rings (SSSR count). The maximum absolute atomic E-state index is 12.4. The van der Waals surface area contributed by atoms with Crippen molar-refractivity contribution in [2.24, 2.45) is 11.7 Å². The van der Waals surface area contributed by atoms with E-state index in [0.717, 1.165) is 25.9 Å². The zero-order valence-electron chi connectivity index (χ0n) is 12.3. The summed E-state index contributed by atoms with van der Waals surface area (Å²) in [6, 6.07) is 7.58. The molecule has 0 saturated carbocycles. The summed E-state index contributed by atoms with van der Waals surface area (Å²) in [5, 5.41) is 8.79. The van der Waals surface area contributed by atoms with Crippen molar-refractivity contribution in [3.05, 3.63) is 34.6 Å². The van der Waals surface area contributed by atoms with Crippen LogP contribution < -0.4 is 11.3 Å². The van der Waals surface area contributed by atoms with Gasteiger partial charge >= 0.3 is 0 Å². The Hall–Kier alpha value is -1.79. The SMILES string of the molecule is CCC1CN(Cn2nnc3ccccc3c2=O)CCC1N. The molecule has 6 nitrogen and oxygen atoms in total. The second-order valence-electron chi connectivity index (χ2n) is 5.75. The minimum absolute atomic E-state index is 0.0801. The van der Waals surface area contributed by atoms with Gasteiger partial charge in [0.1, 0.15) is 5.52 Å². The smallest absolute Gasteiger partial charge is 0.278 e. The first-order valence-electron chi connectivity index (χ1n) is 7.49. The van der Waals surface area contributed by atoms with Gasteiger partial charge in [0.05, 0.1) is 12.1 Å². The van der Waals surface area contributed by atoms with Gasteiger partial charge in [0.15, 0.2) is 0 Å². The fourth-order valence-corrected chi connectivity index (χ4v) is 2.99. The van der Waals surface area contributed by atoms with Crippen molar-refractivity contribution in [1.82, 2.24) is 19.9 Å². The standard InChI is InChI=1S/C15H21N5O/c1-2-11-9-19(8-7-13(11)16)10-20-15(21)12-5-3-4-6-14(12)17-18-20/h3-6,11,13H,2,7-10,16H2,1H3. The average Bonchev–Trinajstić information content (AvgIpc) is 2.52. The molecule has 2 aromatic rings. The molecule has 1 aliphatic rings. The van der Waals surface area contributed by atoms with Crippen molar-refractivity contribution in [3.63, 3.8) is 0 Å². The van der Waals surface area contributed by atoms with E-state index in [0.29, 0.717) is 23.5 Å². The number of piperidine rings is 1. The maximum Gasteiger partial charge on any atom is 0.278 e. The number of fused-ring (bicyclic) bond motifs is 1. The van der Waals surface area contributed by atoms with Crippen molar-refractivity contribution < 1.29 is 0 Å². The lowest BCUT2D eigenvalue weighted by Gasteiger charge is -2.36. The first kappa shape index (κ1) is 14.2. The first-order valence-corrected chi connectivity index (χ1v) is 7.49. The van der Waals surface area contributed by atoms with E-state index in [1.807, 2.05) is 12.1 Å². The molecule has 1 saturated heterocycles. The van der Waals surface area contributed by atoms with Crippen molar-refractivity contribution in [2.75, 3.05) is 13.1 Å². The number of nitrogens with zero attached hydrogens (tertiary/aromatic N) is 4. The molecule has 6 heteroatoms. The first-order chi connectivity index (χ1) is 10.2. The fourth-order valence-electron chi connectivity index (χ4n) is 2.99. The molecule has 0 radical (unpaired) electrons. The van der Waals surface area contributed by atoms with E-state index in [1.165, 1.54) is 4.68 Å². The minimum atomic E-state index is -0.0801. The summed E-state index contributed by atoms with van der Waals surface area (Å²) in [5.41, 5.74) is 6.69. The molecule has 0 amide bonds. The highest BCUT2D eigenvalue weighted by atomic mass is 16.1. The zero-order chi connectivity index (χ0) is 14.8. The van der Waals surface area contributed by atoms with Gasteiger partial charge in [-0.3, -0.25) is 9.69 Å². The third-order valence-corrected chi connectivity index (χ3v) is 4.36. The van der Waals surface area contributed by atoms with Crippen molar-refractivity contribution in [1.29, 1.82) is 0 Å². The molecule has 2 atom stereocenters. The van der Waals surface area contributed by atoms with Gasteiger partial charge < -0.3 is 5.73 Å². The third-order valence-electron chi connectivity index (χ3n) is 4.36. The number of hydrogen-bond acceptors (Lipinski definition) is 5. The van der Waals surface area contributed by atoms with Gasteiger partial charge in [-0.05, 0) is 24.5 Å². The molecule has 2 heterocycles. The van der Waals surface area contributed by atoms with Crippen LogP contribution in [-0.4, -0.2) is 39.0 Å². The third kappa shape index (κ3) is 2.82. The van der Waals surface area contributed by atoms with Crippen molar-refractivity contribution in [3.8, 4) is 0 Å². The summed E-state index contributed by atoms with van der Waals surface area (Å²) in [6.45, 7) is 4.47. The summed E-state index contributed by atoms with van der Waals surface area (Å²) >= 11 is 0. The quantitative estimate of drug-likeness (QED) is 0.904. The molecule has 0 bridgehead atoms. The van der Waals surface area contributed by atoms with Crippen LogP contribution in [0.15, 0.2) is 29.1 Å². The number of likely N-dealkylation sites (tertiary alicyclic amines) is 1. The van der Waals surface area contributed by atoms with Gasteiger partial charge in [-0.2, -0.15) is 4.68 Å². The van der Waals surface area contributed by atoms with E-state index in [2.05, 4.69) is 22.1 Å². The zero-order valence-corrected chi connectivity index (χ0v) is 12.3. The summed E-state index contributed by atoms with van der Waals surface area (Å²) in [4.78, 5) is 14.7. The predicted molar refractivity (Wildman–Crippen MR) is 81.7 cm³/mol. The Kier molecular flexibility index (Phi) is 3.98. The van der Waals surface area contributed by atoms with Gasteiger partial charge in [-0.1, -0.05) is 30.7 Å². The number of nitrogens with two attached hydrogens (primary N) is 1. The van der Waals surface area contributed by atoms with Crippen LogP contribution in [0.4, 0.5) is 0 Å². The van der Waals surface area contributed by atoms with Gasteiger partial charge in [0.2, 0.25) is 0 Å². The molecule has 1 aromatic heterocycles. The van der Waals surface area contributed by atoms with Crippen LogP contribution in [0, 0.1) is 5.92 Å². The van der Waals surface area contributed by atoms with Crippen LogP contribution in [0.3, 0.4) is 0 Å². The molecule has 0 spiro atoms. The molecule has 112 valence electrons. The predicted octanol–water partition coefficient (Wildman–Crippen LogP) is 0.808. The van der Waals surface area contributed by atoms with Crippen LogP contribution in [0.5, 0.6) is 0 Å². The largest absolute Gasteiger partial charge is 0.327 e. The lowest BCUT2D eigenvalue weighted by atomic mass is 9.91. The Morgan fingerprint density at radius 3 is 3.00 bits per heavy atom. The number of benzene rings is 1. The Balaban J connectivity index is 1.82. The van der Waals surface area contributed by atoms with E-state index in [-0.39, 0.29) is 11.6 Å². The molecule has 1 aromatic carbocycles. The highest BCUT2D eigenvalue weighted by molar-refractivity contribution is 5.76. The van der Waals surface area contributed by atoms with Gasteiger partial charge in [0.25, 0.3) is 5.56 Å². The van der Waals surface area contributed by atoms with Crippen molar-refractivity contribution >= 4 is 10.9 Å². The molecular weight excluding hydrogens is 266 g/mol. The van der Waals surface area contributed by atoms with Crippen LogP contribution in [-0.2, 0) is 6.67 Å². The van der Waals surface area contributed by atoms with Crippen molar-refractivity contribution in [2.45, 2.75) is 32.5 Å². The Morgan fingerprint density at radius 1 is 1.38 bits per heavy atom. The van der Waals surface area contributed by atoms with E-state index in [9.17, 15) is 4.79 Å². The van der Waals surface area contributed by atoms with E-state index >= 15 is 0 Å². The fraction of sp³-hybridized carbons (Fsp3) is 0.533. The minimum Gasteiger partial charge on any atom is -0.327 e. The van der Waals surface area contributed by atoms with Gasteiger partial charge in [-0.25, -0.2) is 0 Å². The van der Waals surface area contributed by atoms with E-state index in [1.54, 1.807) is 12.1 Å². The lowest BCUT2D eigenvalue weighted by Crippen LogP contribution is -2.48. The normalized spacial score (nSPS) is 23.5. The number of hydrogen-bond donors (Lipinski definition) is 1. The summed E-state index contributed by atoms with van der Waals surface area (Å²) in [7, 11) is 0. The summed E-state index contributed by atoms with van der Waals surface area (Å²) in [5.74, 6) is 0.489. The second-order valence-corrected chi connectivity index (χ2v) is 5.75. The molecule has 0 aliphatic carbocycles. The monoisotopic (exact) mass is 287 g/mol. The van der Waals surface area contributed by atoms with Gasteiger partial charge in [-0.15, -0.1) is 5.10 Å². The highest BCUT2D eigenvalue weighted by Crippen LogP contribution is 2.18. The van der Waals surface area contributed by atoms with Gasteiger partial charge in [0, 0.05) is 19.1 Å². The Labute approximate surface area is 123 Å². The Morgan fingerprint density at radius 2 is 2.19 bits per heavy atom. The Bertz CT molecular complexity index is 683. The average molecular weight is 287 g/mol. The molecule has 2 unspecified atom stereocenters. The molecule has 1 aliphatic heterocycles. The molecule has 21 heavy (non-hydrogen) atoms. The molecule has 1 fully saturated rings. The van der Waals surface area contributed by atoms with E-state index in [4.69, 9.17) is 5.73 Å². The molecule has 2 N–H and O–H groups in total. The maximum atomic E-state index is 12.4.